The van der Waals surface area contributed by atoms with Crippen molar-refractivity contribution in [1.29, 1.82) is 0 Å². The van der Waals surface area contributed by atoms with Gasteiger partial charge in [-0.3, -0.25) is 4.79 Å². The molecule has 1 amide bonds. The van der Waals surface area contributed by atoms with E-state index < -0.39 is 11.7 Å². The van der Waals surface area contributed by atoms with Crippen molar-refractivity contribution in [2.24, 2.45) is 0 Å². The number of ether oxygens (including phenoxy) is 2. The third-order valence-electron chi connectivity index (χ3n) is 3.73. The number of nitrogens with zero attached hydrogens (tertiary/aromatic N) is 1. The van der Waals surface area contributed by atoms with Crippen LogP contribution in [0.3, 0.4) is 0 Å². The molecule has 1 aromatic carbocycles. The molecule has 6 heteroatoms. The molecule has 27 heavy (non-hydrogen) atoms. The summed E-state index contributed by atoms with van der Waals surface area (Å²) < 4.78 is 10.5. The summed E-state index contributed by atoms with van der Waals surface area (Å²) in [5.74, 6) is -0.179. The van der Waals surface area contributed by atoms with Crippen LogP contribution in [0.1, 0.15) is 52.5 Å². The first-order valence-electron chi connectivity index (χ1n) is 9.69. The highest BCUT2D eigenvalue weighted by atomic mass is 16.6. The van der Waals surface area contributed by atoms with E-state index in [2.05, 4.69) is 17.1 Å². The monoisotopic (exact) mass is 378 g/mol. The van der Waals surface area contributed by atoms with Crippen molar-refractivity contribution in [3.63, 3.8) is 0 Å². The third-order valence-corrected chi connectivity index (χ3v) is 3.73. The van der Waals surface area contributed by atoms with Gasteiger partial charge in [-0.25, -0.2) is 4.79 Å². The van der Waals surface area contributed by atoms with Crippen LogP contribution in [0.25, 0.3) is 0 Å². The summed E-state index contributed by atoms with van der Waals surface area (Å²) in [4.78, 5) is 25.8. The van der Waals surface area contributed by atoms with Crippen LogP contribution in [-0.2, 0) is 20.9 Å². The van der Waals surface area contributed by atoms with E-state index in [0.717, 1.165) is 38.0 Å². The molecule has 0 fully saturated rings. The van der Waals surface area contributed by atoms with Crippen LogP contribution in [0.15, 0.2) is 30.3 Å². The Morgan fingerprint density at radius 3 is 2.41 bits per heavy atom. The summed E-state index contributed by atoms with van der Waals surface area (Å²) in [5.41, 5.74) is 0.500. The Hall–Kier alpha value is -2.08. The number of carbonyl (C=O) groups is 2. The predicted octanol–water partition coefficient (Wildman–Crippen LogP) is 3.75. The van der Waals surface area contributed by atoms with Crippen LogP contribution in [0.2, 0.25) is 0 Å². The zero-order valence-electron chi connectivity index (χ0n) is 17.1. The quantitative estimate of drug-likeness (QED) is 0.594. The van der Waals surface area contributed by atoms with E-state index in [4.69, 9.17) is 9.47 Å². The number of benzene rings is 1. The molecule has 0 bridgehead atoms. The van der Waals surface area contributed by atoms with E-state index in [1.165, 1.54) is 0 Å². The van der Waals surface area contributed by atoms with Crippen LogP contribution in [0, 0.1) is 0 Å². The maximum Gasteiger partial charge on any atom is 0.407 e. The summed E-state index contributed by atoms with van der Waals surface area (Å²) in [6.07, 6.45) is 1.75. The molecule has 1 N–H and O–H groups in total. The third kappa shape index (κ3) is 12.0. The molecule has 0 aliphatic rings. The molecule has 1 aromatic rings. The van der Waals surface area contributed by atoms with Crippen LogP contribution >= 0.6 is 0 Å². The Labute approximate surface area is 163 Å². The standard InChI is InChI=1S/C21H34N2O4/c1-5-14-23(16-13-22-20(25)27-21(2,3)4)15-9-12-19(24)26-17-18-10-7-6-8-11-18/h6-8,10-11H,5,9,12-17H2,1-4H3,(H,22,25). The highest BCUT2D eigenvalue weighted by Crippen LogP contribution is 2.06. The van der Waals surface area contributed by atoms with Crippen molar-refractivity contribution in [3.8, 4) is 0 Å². The number of carbonyl (C=O) groups excluding carboxylic acids is 2. The first-order chi connectivity index (χ1) is 12.8. The van der Waals surface area contributed by atoms with Gasteiger partial charge in [0, 0.05) is 19.5 Å². The predicted molar refractivity (Wildman–Crippen MR) is 106 cm³/mol. The number of esters is 1. The van der Waals surface area contributed by atoms with Crippen molar-refractivity contribution >= 4 is 12.1 Å². The number of alkyl carbamates (subject to hydrolysis) is 1. The maximum absolute atomic E-state index is 11.9. The van der Waals surface area contributed by atoms with Gasteiger partial charge in [-0.05, 0) is 52.3 Å². The molecule has 0 saturated carbocycles. The molecule has 152 valence electrons. The summed E-state index contributed by atoms with van der Waals surface area (Å²) >= 11 is 0. The lowest BCUT2D eigenvalue weighted by atomic mass is 10.2. The Morgan fingerprint density at radius 1 is 1.07 bits per heavy atom. The van der Waals surface area contributed by atoms with Gasteiger partial charge in [-0.15, -0.1) is 0 Å². The Bertz CT molecular complexity index is 555. The lowest BCUT2D eigenvalue weighted by Crippen LogP contribution is -2.38. The fourth-order valence-corrected chi connectivity index (χ4v) is 2.54. The molecule has 0 aromatic heterocycles. The Kier molecular flexibility index (Phi) is 10.5. The van der Waals surface area contributed by atoms with Gasteiger partial charge in [-0.1, -0.05) is 37.3 Å². The van der Waals surface area contributed by atoms with Crippen LogP contribution in [0.4, 0.5) is 4.79 Å². The summed E-state index contributed by atoms with van der Waals surface area (Å²) in [5, 5.41) is 2.77. The van der Waals surface area contributed by atoms with Crippen molar-refractivity contribution in [2.45, 2.75) is 59.2 Å². The van der Waals surface area contributed by atoms with E-state index in [1.54, 1.807) is 0 Å². The molecular weight excluding hydrogens is 344 g/mol. The highest BCUT2D eigenvalue weighted by Gasteiger charge is 2.16. The smallest absolute Gasteiger partial charge is 0.407 e. The molecule has 0 atom stereocenters. The van der Waals surface area contributed by atoms with E-state index in [1.807, 2.05) is 51.1 Å². The van der Waals surface area contributed by atoms with Gasteiger partial charge in [0.1, 0.15) is 12.2 Å². The molecule has 6 nitrogen and oxygen atoms in total. The fourth-order valence-electron chi connectivity index (χ4n) is 2.54. The summed E-state index contributed by atoms with van der Waals surface area (Å²) in [7, 11) is 0. The maximum atomic E-state index is 11.9. The van der Waals surface area contributed by atoms with E-state index in [0.29, 0.717) is 19.6 Å². The highest BCUT2D eigenvalue weighted by molar-refractivity contribution is 5.69. The number of hydrogen-bond donors (Lipinski definition) is 1. The minimum Gasteiger partial charge on any atom is -0.461 e. The summed E-state index contributed by atoms with van der Waals surface area (Å²) in [6, 6.07) is 9.67. The number of amides is 1. The molecule has 0 unspecified atom stereocenters. The van der Waals surface area contributed by atoms with Gasteiger partial charge in [0.25, 0.3) is 0 Å². The lowest BCUT2D eigenvalue weighted by Gasteiger charge is -2.23. The van der Waals surface area contributed by atoms with Crippen molar-refractivity contribution in [2.75, 3.05) is 26.2 Å². The van der Waals surface area contributed by atoms with Crippen molar-refractivity contribution in [3.05, 3.63) is 35.9 Å². The minimum atomic E-state index is -0.493. The van der Waals surface area contributed by atoms with Crippen molar-refractivity contribution < 1.29 is 19.1 Å². The largest absolute Gasteiger partial charge is 0.461 e. The molecule has 1 rings (SSSR count). The van der Waals surface area contributed by atoms with Crippen molar-refractivity contribution in [1.82, 2.24) is 10.2 Å². The SMILES string of the molecule is CCCN(CCCC(=O)OCc1ccccc1)CCNC(=O)OC(C)(C)C. The normalized spacial score (nSPS) is 11.3. The second-order valence-corrected chi connectivity index (χ2v) is 7.52. The second kappa shape index (κ2) is 12.3. The number of nitrogens with one attached hydrogen (secondary N) is 1. The molecule has 0 heterocycles. The van der Waals surface area contributed by atoms with Gasteiger partial charge in [0.2, 0.25) is 0 Å². The number of hydrogen-bond acceptors (Lipinski definition) is 5. The topological polar surface area (TPSA) is 67.9 Å². The Morgan fingerprint density at radius 2 is 1.78 bits per heavy atom. The number of rotatable bonds is 11. The van der Waals surface area contributed by atoms with Gasteiger partial charge >= 0.3 is 12.1 Å². The zero-order chi connectivity index (χ0) is 20.1. The zero-order valence-corrected chi connectivity index (χ0v) is 17.1. The summed E-state index contributed by atoms with van der Waals surface area (Å²) in [6.45, 7) is 10.9. The second-order valence-electron chi connectivity index (χ2n) is 7.52. The molecule has 0 spiro atoms. The fraction of sp³-hybridized carbons (Fsp3) is 0.619. The molecule has 0 aliphatic carbocycles. The van der Waals surface area contributed by atoms with Gasteiger partial charge in [-0.2, -0.15) is 0 Å². The van der Waals surface area contributed by atoms with E-state index in [9.17, 15) is 9.59 Å². The Balaban J connectivity index is 2.21. The molecule has 0 aliphatic heterocycles. The first-order valence-corrected chi connectivity index (χ1v) is 9.69. The minimum absolute atomic E-state index is 0.179. The van der Waals surface area contributed by atoms with Crippen LogP contribution < -0.4 is 5.32 Å². The molecular formula is C21H34N2O4. The van der Waals surface area contributed by atoms with Gasteiger partial charge in [0.05, 0.1) is 0 Å². The lowest BCUT2D eigenvalue weighted by molar-refractivity contribution is -0.145. The molecule has 0 saturated heterocycles. The van der Waals surface area contributed by atoms with Crippen LogP contribution in [0.5, 0.6) is 0 Å². The van der Waals surface area contributed by atoms with Crippen LogP contribution in [-0.4, -0.2) is 48.7 Å². The molecule has 0 radical (unpaired) electrons. The van der Waals surface area contributed by atoms with Gasteiger partial charge < -0.3 is 19.7 Å². The van der Waals surface area contributed by atoms with E-state index in [-0.39, 0.29) is 5.97 Å². The average Bonchev–Trinajstić information content (AvgIpc) is 2.59. The first kappa shape index (κ1) is 23.0. The van der Waals surface area contributed by atoms with Gasteiger partial charge in [0.15, 0.2) is 0 Å². The van der Waals surface area contributed by atoms with E-state index >= 15 is 0 Å². The average molecular weight is 379 g/mol.